The number of allylic oxidation sites excluding steroid dienone is 1. The van der Waals surface area contributed by atoms with Gasteiger partial charge in [-0.25, -0.2) is 4.39 Å². The molecule has 0 fully saturated rings. The lowest BCUT2D eigenvalue weighted by atomic mass is 10.0. The van der Waals surface area contributed by atoms with Crippen LogP contribution in [0.25, 0.3) is 0 Å². The third-order valence-corrected chi connectivity index (χ3v) is 2.82. The molecule has 0 radical (unpaired) electrons. The van der Waals surface area contributed by atoms with Gasteiger partial charge >= 0.3 is 0 Å². The molecule has 94 valence electrons. The molecule has 0 aromatic heterocycles. The predicted molar refractivity (Wildman–Crippen MR) is 74.6 cm³/mol. The van der Waals surface area contributed by atoms with E-state index < -0.39 is 0 Å². The van der Waals surface area contributed by atoms with Gasteiger partial charge in [0.25, 0.3) is 0 Å². The highest BCUT2D eigenvalue weighted by Crippen LogP contribution is 2.22. The van der Waals surface area contributed by atoms with Gasteiger partial charge in [0.15, 0.2) is 0 Å². The second kappa shape index (κ2) is 6.92. The monoisotopic (exact) mass is 299 g/mol. The summed E-state index contributed by atoms with van der Waals surface area (Å²) in [5.74, 6) is -0.208. The fraction of sp³-hybridized carbons (Fsp3) is 0.429. The largest absolute Gasteiger partial charge is 0.307 e. The van der Waals surface area contributed by atoms with Crippen LogP contribution >= 0.6 is 15.9 Å². The molecule has 0 aliphatic heterocycles. The summed E-state index contributed by atoms with van der Waals surface area (Å²) in [4.78, 5) is 0. The van der Waals surface area contributed by atoms with Gasteiger partial charge in [-0.05, 0) is 50.6 Å². The molecule has 0 aliphatic carbocycles. The number of hydrogen-bond acceptors (Lipinski definition) is 1. The van der Waals surface area contributed by atoms with Crippen molar-refractivity contribution in [3.05, 3.63) is 45.7 Å². The average Bonchev–Trinajstić information content (AvgIpc) is 2.22. The summed E-state index contributed by atoms with van der Waals surface area (Å²) in [6.07, 6.45) is 3.18. The molecule has 0 spiro atoms. The lowest BCUT2D eigenvalue weighted by Crippen LogP contribution is -2.20. The smallest absolute Gasteiger partial charge is 0.124 e. The molecule has 1 aromatic rings. The summed E-state index contributed by atoms with van der Waals surface area (Å²) in [6, 6.07) is 5.09. The van der Waals surface area contributed by atoms with Crippen molar-refractivity contribution in [3.63, 3.8) is 0 Å². The number of benzene rings is 1. The Morgan fingerprint density at radius 1 is 1.41 bits per heavy atom. The second-order valence-corrected chi connectivity index (χ2v) is 5.29. The summed E-state index contributed by atoms with van der Waals surface area (Å²) in [5, 5.41) is 3.41. The van der Waals surface area contributed by atoms with Crippen LogP contribution in [0.4, 0.5) is 4.39 Å². The maximum absolute atomic E-state index is 13.4. The zero-order chi connectivity index (χ0) is 12.8. The fourth-order valence-electron chi connectivity index (χ4n) is 1.66. The summed E-state index contributed by atoms with van der Waals surface area (Å²) >= 11 is 3.33. The SMILES string of the molecule is CCCNC(C=C(C)C)c1cc(F)cc(Br)c1. The summed E-state index contributed by atoms with van der Waals surface area (Å²) in [5.41, 5.74) is 2.17. The lowest BCUT2D eigenvalue weighted by Gasteiger charge is -2.16. The van der Waals surface area contributed by atoms with E-state index in [1.807, 2.05) is 6.07 Å². The van der Waals surface area contributed by atoms with Crippen molar-refractivity contribution in [2.45, 2.75) is 33.2 Å². The molecule has 0 heterocycles. The first-order valence-electron chi connectivity index (χ1n) is 5.87. The Bertz CT molecular complexity index is 377. The van der Waals surface area contributed by atoms with E-state index >= 15 is 0 Å². The molecule has 0 amide bonds. The lowest BCUT2D eigenvalue weighted by molar-refractivity contribution is 0.593. The van der Waals surface area contributed by atoms with E-state index in [9.17, 15) is 4.39 Å². The zero-order valence-electron chi connectivity index (χ0n) is 10.6. The Morgan fingerprint density at radius 3 is 2.65 bits per heavy atom. The van der Waals surface area contributed by atoms with Gasteiger partial charge in [0, 0.05) is 4.47 Å². The molecule has 1 nitrogen and oxygen atoms in total. The summed E-state index contributed by atoms with van der Waals surface area (Å²) in [7, 11) is 0. The molecule has 1 unspecified atom stereocenters. The first-order valence-corrected chi connectivity index (χ1v) is 6.66. The quantitative estimate of drug-likeness (QED) is 0.784. The van der Waals surface area contributed by atoms with Crippen LogP contribution in [0.3, 0.4) is 0 Å². The Balaban J connectivity index is 2.99. The minimum absolute atomic E-state index is 0.0759. The zero-order valence-corrected chi connectivity index (χ0v) is 12.1. The van der Waals surface area contributed by atoms with E-state index in [0.717, 1.165) is 23.0 Å². The number of rotatable bonds is 5. The van der Waals surface area contributed by atoms with Crippen LogP contribution in [0, 0.1) is 5.82 Å². The molecule has 1 rings (SSSR count). The van der Waals surface area contributed by atoms with Gasteiger partial charge in [-0.1, -0.05) is 34.5 Å². The maximum Gasteiger partial charge on any atom is 0.124 e. The van der Waals surface area contributed by atoms with Crippen LogP contribution in [-0.4, -0.2) is 6.54 Å². The third kappa shape index (κ3) is 5.00. The van der Waals surface area contributed by atoms with E-state index in [1.165, 1.54) is 11.6 Å². The maximum atomic E-state index is 13.4. The first-order chi connectivity index (χ1) is 8.02. The van der Waals surface area contributed by atoms with Crippen molar-refractivity contribution >= 4 is 15.9 Å². The van der Waals surface area contributed by atoms with E-state index in [-0.39, 0.29) is 11.9 Å². The first kappa shape index (κ1) is 14.4. The molecular weight excluding hydrogens is 281 g/mol. The predicted octanol–water partition coefficient (Wildman–Crippen LogP) is 4.60. The molecule has 0 bridgehead atoms. The second-order valence-electron chi connectivity index (χ2n) is 4.38. The van der Waals surface area contributed by atoms with Crippen molar-refractivity contribution in [1.29, 1.82) is 0 Å². The van der Waals surface area contributed by atoms with Crippen LogP contribution < -0.4 is 5.32 Å². The topological polar surface area (TPSA) is 12.0 Å². The third-order valence-electron chi connectivity index (χ3n) is 2.36. The Kier molecular flexibility index (Phi) is 5.86. The van der Waals surface area contributed by atoms with Crippen LogP contribution in [0.1, 0.15) is 38.8 Å². The summed E-state index contributed by atoms with van der Waals surface area (Å²) in [6.45, 7) is 7.14. The minimum atomic E-state index is -0.208. The van der Waals surface area contributed by atoms with Crippen molar-refractivity contribution in [1.82, 2.24) is 5.32 Å². The van der Waals surface area contributed by atoms with Crippen LogP contribution in [0.2, 0.25) is 0 Å². The molecule has 0 saturated carbocycles. The van der Waals surface area contributed by atoms with E-state index in [0.29, 0.717) is 0 Å². The molecule has 1 aromatic carbocycles. The Hall–Kier alpha value is -0.670. The number of nitrogens with one attached hydrogen (secondary N) is 1. The highest BCUT2D eigenvalue weighted by atomic mass is 79.9. The van der Waals surface area contributed by atoms with Crippen molar-refractivity contribution in [2.24, 2.45) is 0 Å². The molecular formula is C14H19BrFN. The highest BCUT2D eigenvalue weighted by molar-refractivity contribution is 9.10. The van der Waals surface area contributed by atoms with Crippen molar-refractivity contribution in [2.75, 3.05) is 6.54 Å². The van der Waals surface area contributed by atoms with Gasteiger partial charge in [0.2, 0.25) is 0 Å². The molecule has 3 heteroatoms. The van der Waals surface area contributed by atoms with Gasteiger partial charge in [-0.15, -0.1) is 0 Å². The molecule has 17 heavy (non-hydrogen) atoms. The minimum Gasteiger partial charge on any atom is -0.307 e. The van der Waals surface area contributed by atoms with Crippen molar-refractivity contribution < 1.29 is 4.39 Å². The number of halogens is 2. The van der Waals surface area contributed by atoms with Gasteiger partial charge in [0.05, 0.1) is 6.04 Å². The summed E-state index contributed by atoms with van der Waals surface area (Å²) < 4.78 is 14.1. The van der Waals surface area contributed by atoms with Gasteiger partial charge in [-0.3, -0.25) is 0 Å². The van der Waals surface area contributed by atoms with Crippen LogP contribution in [0.15, 0.2) is 34.3 Å². The normalized spacial score (nSPS) is 12.3. The Morgan fingerprint density at radius 2 is 2.12 bits per heavy atom. The average molecular weight is 300 g/mol. The van der Waals surface area contributed by atoms with Gasteiger partial charge < -0.3 is 5.32 Å². The van der Waals surface area contributed by atoms with Gasteiger partial charge in [0.1, 0.15) is 5.82 Å². The number of hydrogen-bond donors (Lipinski definition) is 1. The van der Waals surface area contributed by atoms with E-state index in [1.54, 1.807) is 6.07 Å². The molecule has 1 atom stereocenters. The Labute approximate surface area is 111 Å². The highest BCUT2D eigenvalue weighted by Gasteiger charge is 2.09. The van der Waals surface area contributed by atoms with Crippen molar-refractivity contribution in [3.8, 4) is 0 Å². The van der Waals surface area contributed by atoms with Crippen LogP contribution in [0.5, 0.6) is 0 Å². The van der Waals surface area contributed by atoms with Gasteiger partial charge in [-0.2, -0.15) is 0 Å². The van der Waals surface area contributed by atoms with E-state index in [2.05, 4.69) is 48.1 Å². The van der Waals surface area contributed by atoms with E-state index in [4.69, 9.17) is 0 Å². The molecule has 0 aliphatic rings. The van der Waals surface area contributed by atoms with Crippen LogP contribution in [-0.2, 0) is 0 Å². The molecule has 0 saturated heterocycles. The fourth-order valence-corrected chi connectivity index (χ4v) is 2.14. The molecule has 1 N–H and O–H groups in total. The standard InChI is InChI=1S/C14H19BrFN/c1-4-5-17-14(6-10(2)3)11-7-12(15)9-13(16)8-11/h6-9,14,17H,4-5H2,1-3H3.